The number of aryl methyl sites for hydroxylation is 1. The molecule has 0 fully saturated rings. The number of benzene rings is 2. The minimum atomic E-state index is -0.188. The van der Waals surface area contributed by atoms with Gasteiger partial charge in [-0.3, -0.25) is 4.79 Å². The first-order valence-corrected chi connectivity index (χ1v) is 8.14. The Bertz CT molecular complexity index is 1100. The summed E-state index contributed by atoms with van der Waals surface area (Å²) in [5, 5.41) is 5.03. The van der Waals surface area contributed by atoms with Crippen LogP contribution in [-0.4, -0.2) is 32.6 Å². The van der Waals surface area contributed by atoms with Gasteiger partial charge in [-0.25, -0.2) is 14.6 Å². The van der Waals surface area contributed by atoms with Gasteiger partial charge in [0.1, 0.15) is 17.3 Å². The van der Waals surface area contributed by atoms with Crippen molar-refractivity contribution >= 4 is 16.8 Å². The van der Waals surface area contributed by atoms with Gasteiger partial charge in [-0.2, -0.15) is 5.10 Å². The van der Waals surface area contributed by atoms with E-state index in [-0.39, 0.29) is 5.78 Å². The summed E-state index contributed by atoms with van der Waals surface area (Å²) in [5.74, 6) is 0.950. The van der Waals surface area contributed by atoms with Crippen LogP contribution in [0.3, 0.4) is 0 Å². The molecule has 128 valence electrons. The highest BCUT2D eigenvalue weighted by molar-refractivity contribution is 6.14. The Hall–Kier alpha value is -3.54. The van der Waals surface area contributed by atoms with Crippen molar-refractivity contribution in [3.05, 3.63) is 77.9 Å². The van der Waals surface area contributed by atoms with Crippen molar-refractivity contribution in [2.24, 2.45) is 0 Å². The van der Waals surface area contributed by atoms with Crippen LogP contribution in [-0.2, 0) is 0 Å². The molecule has 2 heterocycles. The maximum absolute atomic E-state index is 13.0. The van der Waals surface area contributed by atoms with Crippen molar-refractivity contribution in [1.29, 1.82) is 0 Å². The number of methoxy groups -OCH3 is 1. The molecule has 2 aromatic carbocycles. The van der Waals surface area contributed by atoms with Crippen LogP contribution in [0.4, 0.5) is 0 Å². The topological polar surface area (TPSA) is 69.9 Å². The Kier molecular flexibility index (Phi) is 3.93. The minimum absolute atomic E-state index is 0.188. The van der Waals surface area contributed by atoms with Gasteiger partial charge < -0.3 is 4.74 Å². The zero-order valence-electron chi connectivity index (χ0n) is 14.4. The van der Waals surface area contributed by atoms with Crippen LogP contribution < -0.4 is 4.74 Å². The molecular weight excluding hydrogens is 328 g/mol. The van der Waals surface area contributed by atoms with Crippen LogP contribution in [0, 0.1) is 6.92 Å². The lowest BCUT2D eigenvalue weighted by Crippen LogP contribution is -2.08. The number of hydrogen-bond donors (Lipinski definition) is 0. The maximum atomic E-state index is 13.0. The smallest absolute Gasteiger partial charge is 0.212 e. The van der Waals surface area contributed by atoms with E-state index in [4.69, 9.17) is 4.74 Å². The molecule has 0 aliphatic rings. The maximum Gasteiger partial charge on any atom is 0.212 e. The first-order chi connectivity index (χ1) is 12.7. The van der Waals surface area contributed by atoms with Crippen molar-refractivity contribution in [3.8, 4) is 11.4 Å². The summed E-state index contributed by atoms with van der Waals surface area (Å²) in [6.45, 7) is 1.77. The number of carbonyl (C=O) groups excluding carboxylic acids is 1. The zero-order valence-corrected chi connectivity index (χ0v) is 14.4. The second kappa shape index (κ2) is 6.40. The number of fused-ring (bicyclic) bond motifs is 1. The van der Waals surface area contributed by atoms with Crippen molar-refractivity contribution in [1.82, 2.24) is 19.7 Å². The van der Waals surface area contributed by atoms with Crippen molar-refractivity contribution in [2.45, 2.75) is 6.92 Å². The Morgan fingerprint density at radius 3 is 2.62 bits per heavy atom. The van der Waals surface area contributed by atoms with E-state index in [2.05, 4.69) is 15.1 Å². The van der Waals surface area contributed by atoms with Crippen LogP contribution in [0.15, 0.2) is 60.8 Å². The molecule has 0 radical (unpaired) electrons. The molecule has 0 saturated carbocycles. The number of rotatable bonds is 4. The standard InChI is InChI=1S/C20H16N4O2/c1-13-22-18(19(25)14-7-6-10-16(11-14)26-2)17-12-21-24(20(17)23-13)15-8-4-3-5-9-15/h3-12H,1-2H3. The van der Waals surface area contributed by atoms with Gasteiger partial charge in [-0.05, 0) is 31.2 Å². The molecule has 2 aromatic heterocycles. The lowest BCUT2D eigenvalue weighted by molar-refractivity contribution is 0.103. The molecule has 4 rings (SSSR count). The third-order valence-corrected chi connectivity index (χ3v) is 4.09. The van der Waals surface area contributed by atoms with Gasteiger partial charge in [0.05, 0.1) is 24.4 Å². The Morgan fingerprint density at radius 1 is 1.04 bits per heavy atom. The number of nitrogens with zero attached hydrogens (tertiary/aromatic N) is 4. The largest absolute Gasteiger partial charge is 0.497 e. The molecule has 0 spiro atoms. The molecule has 0 aliphatic heterocycles. The van der Waals surface area contributed by atoms with Gasteiger partial charge in [-0.1, -0.05) is 30.3 Å². The van der Waals surface area contributed by atoms with Gasteiger partial charge in [0.15, 0.2) is 5.65 Å². The van der Waals surface area contributed by atoms with Crippen LogP contribution in [0.1, 0.15) is 21.9 Å². The normalized spacial score (nSPS) is 10.8. The monoisotopic (exact) mass is 344 g/mol. The fraction of sp³-hybridized carbons (Fsp3) is 0.100. The quantitative estimate of drug-likeness (QED) is 0.531. The summed E-state index contributed by atoms with van der Waals surface area (Å²) >= 11 is 0. The summed E-state index contributed by atoms with van der Waals surface area (Å²) in [7, 11) is 1.57. The van der Waals surface area contributed by atoms with E-state index in [1.165, 1.54) is 0 Å². The van der Waals surface area contributed by atoms with Gasteiger partial charge in [-0.15, -0.1) is 0 Å². The van der Waals surface area contributed by atoms with E-state index in [0.29, 0.717) is 33.9 Å². The Balaban J connectivity index is 1.88. The lowest BCUT2D eigenvalue weighted by Gasteiger charge is -2.07. The number of hydrogen-bond acceptors (Lipinski definition) is 5. The van der Waals surface area contributed by atoms with Crippen molar-refractivity contribution in [3.63, 3.8) is 0 Å². The Labute approximate surface area is 150 Å². The van der Waals surface area contributed by atoms with E-state index >= 15 is 0 Å². The third kappa shape index (κ3) is 2.71. The molecule has 4 aromatic rings. The van der Waals surface area contributed by atoms with Gasteiger partial charge in [0.25, 0.3) is 0 Å². The zero-order chi connectivity index (χ0) is 18.1. The summed E-state index contributed by atoms with van der Waals surface area (Å²) in [4.78, 5) is 21.9. The van der Waals surface area contributed by atoms with Gasteiger partial charge in [0.2, 0.25) is 5.78 Å². The average molecular weight is 344 g/mol. The van der Waals surface area contributed by atoms with Gasteiger partial charge in [0, 0.05) is 5.56 Å². The molecule has 6 heteroatoms. The predicted octanol–water partition coefficient (Wildman–Crippen LogP) is 3.36. The minimum Gasteiger partial charge on any atom is -0.497 e. The molecule has 0 unspecified atom stereocenters. The van der Waals surface area contributed by atoms with E-state index < -0.39 is 0 Å². The SMILES string of the molecule is COc1cccc(C(=O)c2nc(C)nc3c2cnn3-c2ccccc2)c1. The van der Waals surface area contributed by atoms with E-state index in [0.717, 1.165) is 5.69 Å². The highest BCUT2D eigenvalue weighted by atomic mass is 16.5. The second-order valence-corrected chi connectivity index (χ2v) is 5.81. The van der Waals surface area contributed by atoms with Crippen LogP contribution in [0.5, 0.6) is 5.75 Å². The first-order valence-electron chi connectivity index (χ1n) is 8.14. The number of para-hydroxylation sites is 1. The highest BCUT2D eigenvalue weighted by Gasteiger charge is 2.19. The molecule has 0 bridgehead atoms. The molecular formula is C20H16N4O2. The molecule has 0 atom stereocenters. The second-order valence-electron chi connectivity index (χ2n) is 5.81. The highest BCUT2D eigenvalue weighted by Crippen LogP contribution is 2.23. The molecule has 0 N–H and O–H groups in total. The molecule has 0 aliphatic carbocycles. The number of ether oxygens (including phenoxy) is 1. The first kappa shape index (κ1) is 16.0. The number of aromatic nitrogens is 4. The third-order valence-electron chi connectivity index (χ3n) is 4.09. The summed E-state index contributed by atoms with van der Waals surface area (Å²) in [5.41, 5.74) is 2.33. The lowest BCUT2D eigenvalue weighted by atomic mass is 10.1. The molecule has 0 amide bonds. The van der Waals surface area contributed by atoms with E-state index in [9.17, 15) is 4.79 Å². The van der Waals surface area contributed by atoms with E-state index in [1.807, 2.05) is 30.3 Å². The molecule has 26 heavy (non-hydrogen) atoms. The average Bonchev–Trinajstić information content (AvgIpc) is 3.11. The summed E-state index contributed by atoms with van der Waals surface area (Å²) in [6.07, 6.45) is 1.63. The fourth-order valence-corrected chi connectivity index (χ4v) is 2.85. The Morgan fingerprint density at radius 2 is 1.85 bits per heavy atom. The summed E-state index contributed by atoms with van der Waals surface area (Å²) in [6, 6.07) is 16.7. The predicted molar refractivity (Wildman–Crippen MR) is 97.8 cm³/mol. The number of carbonyl (C=O) groups is 1. The van der Waals surface area contributed by atoms with Crippen LogP contribution in [0.25, 0.3) is 16.7 Å². The van der Waals surface area contributed by atoms with Gasteiger partial charge >= 0.3 is 0 Å². The number of ketones is 1. The molecule has 0 saturated heterocycles. The molecule has 6 nitrogen and oxygen atoms in total. The summed E-state index contributed by atoms with van der Waals surface area (Å²) < 4.78 is 6.93. The van der Waals surface area contributed by atoms with Crippen LogP contribution >= 0.6 is 0 Å². The fourth-order valence-electron chi connectivity index (χ4n) is 2.85. The van der Waals surface area contributed by atoms with Crippen LogP contribution in [0.2, 0.25) is 0 Å². The van der Waals surface area contributed by atoms with E-state index in [1.54, 1.807) is 49.2 Å². The van der Waals surface area contributed by atoms with Crippen molar-refractivity contribution in [2.75, 3.05) is 7.11 Å². The van der Waals surface area contributed by atoms with Crippen molar-refractivity contribution < 1.29 is 9.53 Å².